The Hall–Kier alpha value is -3.46. The molecule has 0 spiro atoms. The van der Waals surface area contributed by atoms with Gasteiger partial charge >= 0.3 is 0 Å². The molecule has 0 saturated heterocycles. The number of allylic oxidation sites excluding steroid dienone is 1. The molecule has 2 aromatic rings. The van der Waals surface area contributed by atoms with Crippen molar-refractivity contribution in [2.45, 2.75) is 13.8 Å². The highest BCUT2D eigenvalue weighted by molar-refractivity contribution is 6.14. The van der Waals surface area contributed by atoms with Gasteiger partial charge in [-0.25, -0.2) is 0 Å². The average Bonchev–Trinajstić information content (AvgIpc) is 2.64. The van der Waals surface area contributed by atoms with E-state index in [0.29, 0.717) is 23.8 Å². The first-order valence-electron chi connectivity index (χ1n) is 8.04. The van der Waals surface area contributed by atoms with E-state index in [9.17, 15) is 20.2 Å². The molecule has 0 saturated carbocycles. The smallest absolute Gasteiger partial charge is 0.270 e. The van der Waals surface area contributed by atoms with Crippen molar-refractivity contribution < 1.29 is 14.5 Å². The van der Waals surface area contributed by atoms with Crippen LogP contribution in [-0.4, -0.2) is 17.3 Å². The monoisotopic (exact) mass is 350 g/mol. The first kappa shape index (κ1) is 18.9. The minimum absolute atomic E-state index is 0.0960. The molecule has 0 aliphatic carbocycles. The van der Waals surface area contributed by atoms with Gasteiger partial charge in [0.15, 0.2) is 0 Å². The van der Waals surface area contributed by atoms with E-state index in [-0.39, 0.29) is 16.8 Å². The van der Waals surface area contributed by atoms with E-state index in [4.69, 9.17) is 4.74 Å². The molecule has 0 radical (unpaired) electrons. The SMILES string of the molecule is CC(C)COc1ccc(/C=C(/C#N)C(=O)c2cccc([N+](=O)[O-])c2)cc1. The number of hydrogen-bond donors (Lipinski definition) is 0. The largest absolute Gasteiger partial charge is 0.493 e. The number of rotatable bonds is 7. The lowest BCUT2D eigenvalue weighted by atomic mass is 10.0. The van der Waals surface area contributed by atoms with Crippen molar-refractivity contribution in [1.82, 2.24) is 0 Å². The summed E-state index contributed by atoms with van der Waals surface area (Å²) in [6.45, 7) is 4.70. The Kier molecular flexibility index (Phi) is 6.23. The molecule has 0 fully saturated rings. The number of nitro benzene ring substituents is 1. The topological polar surface area (TPSA) is 93.2 Å². The first-order chi connectivity index (χ1) is 12.4. The molecule has 26 heavy (non-hydrogen) atoms. The van der Waals surface area contributed by atoms with Crippen LogP contribution in [0, 0.1) is 27.4 Å². The van der Waals surface area contributed by atoms with Crippen LogP contribution < -0.4 is 4.74 Å². The Bertz CT molecular complexity index is 877. The fourth-order valence-electron chi connectivity index (χ4n) is 2.15. The van der Waals surface area contributed by atoms with Crippen LogP contribution in [0.25, 0.3) is 6.08 Å². The fraction of sp³-hybridized carbons (Fsp3) is 0.200. The minimum atomic E-state index is -0.581. The van der Waals surface area contributed by atoms with Crippen molar-refractivity contribution in [2.24, 2.45) is 5.92 Å². The number of nitro groups is 1. The summed E-state index contributed by atoms with van der Waals surface area (Å²) in [6.07, 6.45) is 1.45. The maximum atomic E-state index is 12.5. The average molecular weight is 350 g/mol. The third kappa shape index (κ3) is 5.02. The minimum Gasteiger partial charge on any atom is -0.493 e. The number of benzene rings is 2. The molecule has 0 aliphatic rings. The highest BCUT2D eigenvalue weighted by Crippen LogP contribution is 2.19. The molecule has 0 atom stereocenters. The van der Waals surface area contributed by atoms with Gasteiger partial charge in [0.1, 0.15) is 17.4 Å². The molecule has 0 aliphatic heterocycles. The molecule has 0 unspecified atom stereocenters. The molecular weight excluding hydrogens is 332 g/mol. The van der Waals surface area contributed by atoms with Gasteiger partial charge in [0.05, 0.1) is 11.5 Å². The van der Waals surface area contributed by atoms with E-state index >= 15 is 0 Å². The van der Waals surface area contributed by atoms with Crippen molar-refractivity contribution in [3.8, 4) is 11.8 Å². The molecule has 2 aromatic carbocycles. The van der Waals surface area contributed by atoms with Crippen molar-refractivity contribution in [3.05, 3.63) is 75.3 Å². The highest BCUT2D eigenvalue weighted by Gasteiger charge is 2.15. The summed E-state index contributed by atoms with van der Waals surface area (Å²) in [4.78, 5) is 22.7. The second-order valence-electron chi connectivity index (χ2n) is 6.08. The van der Waals surface area contributed by atoms with E-state index in [1.165, 1.54) is 24.3 Å². The van der Waals surface area contributed by atoms with E-state index in [1.807, 2.05) is 6.07 Å². The number of Topliss-reactive ketones (excluding diaryl/α,β-unsaturated/α-hetero) is 1. The van der Waals surface area contributed by atoms with Gasteiger partial charge in [-0.3, -0.25) is 14.9 Å². The number of carbonyl (C=O) groups excluding carboxylic acids is 1. The normalized spacial score (nSPS) is 11.1. The van der Waals surface area contributed by atoms with Crippen LogP contribution in [-0.2, 0) is 0 Å². The van der Waals surface area contributed by atoms with E-state index in [2.05, 4.69) is 13.8 Å². The van der Waals surface area contributed by atoms with Gasteiger partial charge in [-0.05, 0) is 29.7 Å². The van der Waals surface area contributed by atoms with Crippen molar-refractivity contribution in [2.75, 3.05) is 6.61 Å². The van der Waals surface area contributed by atoms with Crippen LogP contribution in [0.1, 0.15) is 29.8 Å². The lowest BCUT2D eigenvalue weighted by Crippen LogP contribution is -2.04. The third-order valence-corrected chi connectivity index (χ3v) is 3.46. The number of ketones is 1. The van der Waals surface area contributed by atoms with Crippen LogP contribution in [0.4, 0.5) is 5.69 Å². The summed E-state index contributed by atoms with van der Waals surface area (Å²) in [5.74, 6) is 0.558. The molecule has 2 rings (SSSR count). The second-order valence-corrected chi connectivity index (χ2v) is 6.08. The zero-order valence-electron chi connectivity index (χ0n) is 14.5. The number of nitrogens with zero attached hydrogens (tertiary/aromatic N) is 2. The number of ether oxygens (including phenoxy) is 1. The summed E-state index contributed by atoms with van der Waals surface area (Å²) in [6, 6.07) is 14.2. The third-order valence-electron chi connectivity index (χ3n) is 3.46. The Morgan fingerprint density at radius 3 is 2.54 bits per heavy atom. The Balaban J connectivity index is 2.22. The maximum Gasteiger partial charge on any atom is 0.270 e. The summed E-state index contributed by atoms with van der Waals surface area (Å²) < 4.78 is 5.59. The molecule has 0 aromatic heterocycles. The summed E-state index contributed by atoms with van der Waals surface area (Å²) >= 11 is 0. The lowest BCUT2D eigenvalue weighted by molar-refractivity contribution is -0.384. The van der Waals surface area contributed by atoms with Crippen LogP contribution >= 0.6 is 0 Å². The molecule has 0 amide bonds. The van der Waals surface area contributed by atoms with Crippen LogP contribution in [0.5, 0.6) is 5.75 Å². The van der Waals surface area contributed by atoms with Crippen molar-refractivity contribution in [1.29, 1.82) is 5.26 Å². The van der Waals surface area contributed by atoms with Gasteiger partial charge < -0.3 is 4.74 Å². The van der Waals surface area contributed by atoms with Crippen LogP contribution in [0.3, 0.4) is 0 Å². The lowest BCUT2D eigenvalue weighted by Gasteiger charge is -2.08. The van der Waals surface area contributed by atoms with Crippen molar-refractivity contribution in [3.63, 3.8) is 0 Å². The molecule has 132 valence electrons. The molecular formula is C20H18N2O4. The van der Waals surface area contributed by atoms with Gasteiger partial charge in [-0.2, -0.15) is 5.26 Å². The Morgan fingerprint density at radius 1 is 1.27 bits per heavy atom. The van der Waals surface area contributed by atoms with Gasteiger partial charge in [-0.15, -0.1) is 0 Å². The standard InChI is InChI=1S/C20H18N2O4/c1-14(2)13-26-19-8-6-15(7-9-19)10-17(12-21)20(23)16-4-3-5-18(11-16)22(24)25/h3-11,14H,13H2,1-2H3/b17-10-. The first-order valence-corrected chi connectivity index (χ1v) is 8.04. The van der Waals surface area contributed by atoms with E-state index < -0.39 is 10.7 Å². The number of hydrogen-bond acceptors (Lipinski definition) is 5. The highest BCUT2D eigenvalue weighted by atomic mass is 16.6. The zero-order valence-corrected chi connectivity index (χ0v) is 14.5. The summed E-state index contributed by atoms with van der Waals surface area (Å²) in [5.41, 5.74) is 0.474. The number of non-ortho nitro benzene ring substituents is 1. The van der Waals surface area contributed by atoms with Crippen LogP contribution in [0.15, 0.2) is 54.1 Å². The predicted octanol–water partition coefficient (Wildman–Crippen LogP) is 4.42. The molecule has 0 N–H and O–H groups in total. The zero-order chi connectivity index (χ0) is 19.1. The van der Waals surface area contributed by atoms with Gasteiger partial charge in [0.2, 0.25) is 5.78 Å². The second kappa shape index (κ2) is 8.58. The quantitative estimate of drug-likeness (QED) is 0.242. The van der Waals surface area contributed by atoms with E-state index in [0.717, 1.165) is 6.07 Å². The molecule has 6 nitrogen and oxygen atoms in total. The van der Waals surface area contributed by atoms with Gasteiger partial charge in [-0.1, -0.05) is 38.1 Å². The van der Waals surface area contributed by atoms with Gasteiger partial charge in [0, 0.05) is 17.7 Å². The van der Waals surface area contributed by atoms with Gasteiger partial charge in [0.25, 0.3) is 5.69 Å². The molecule has 0 bridgehead atoms. The van der Waals surface area contributed by atoms with E-state index in [1.54, 1.807) is 24.3 Å². The fourth-order valence-corrected chi connectivity index (χ4v) is 2.15. The predicted molar refractivity (Wildman–Crippen MR) is 97.8 cm³/mol. The summed E-state index contributed by atoms with van der Waals surface area (Å²) in [5, 5.41) is 20.1. The molecule has 6 heteroatoms. The summed E-state index contributed by atoms with van der Waals surface area (Å²) in [7, 11) is 0. The number of nitriles is 1. The Labute approximate surface area is 151 Å². The molecule has 0 heterocycles. The van der Waals surface area contributed by atoms with Crippen LogP contribution in [0.2, 0.25) is 0 Å². The number of carbonyl (C=O) groups is 1. The Morgan fingerprint density at radius 2 is 1.96 bits per heavy atom. The maximum absolute atomic E-state index is 12.5. The van der Waals surface area contributed by atoms with Crippen molar-refractivity contribution >= 4 is 17.5 Å².